The lowest BCUT2D eigenvalue weighted by molar-refractivity contribution is 0.0526. The second kappa shape index (κ2) is 7.04. The van der Waals surface area contributed by atoms with Crippen LogP contribution in [0.1, 0.15) is 17.3 Å². The number of hydrogen-bond donors (Lipinski definition) is 0. The van der Waals surface area contributed by atoms with Gasteiger partial charge in [0.15, 0.2) is 5.82 Å². The first-order valence-corrected chi connectivity index (χ1v) is 7.69. The van der Waals surface area contributed by atoms with Crippen molar-refractivity contribution in [3.8, 4) is 0 Å². The minimum absolute atomic E-state index is 0.327. The summed E-state index contributed by atoms with van der Waals surface area (Å²) in [6.45, 7) is 5.29. The van der Waals surface area contributed by atoms with Gasteiger partial charge in [-0.1, -0.05) is 0 Å². The van der Waals surface area contributed by atoms with Gasteiger partial charge >= 0.3 is 5.97 Å². The molecule has 1 aliphatic heterocycles. The maximum atomic E-state index is 12.1. The van der Waals surface area contributed by atoms with E-state index in [1.54, 1.807) is 31.5 Å². The molecule has 0 aliphatic carbocycles. The number of pyridine rings is 1. The number of anilines is 2. The molecule has 0 unspecified atom stereocenters. The van der Waals surface area contributed by atoms with Crippen LogP contribution in [-0.4, -0.2) is 53.9 Å². The van der Waals surface area contributed by atoms with Crippen LogP contribution in [0.3, 0.4) is 0 Å². The van der Waals surface area contributed by atoms with Gasteiger partial charge in [0, 0.05) is 38.6 Å². The average molecular weight is 313 g/mol. The van der Waals surface area contributed by atoms with Crippen LogP contribution in [0, 0.1) is 0 Å². The van der Waals surface area contributed by atoms with Crippen LogP contribution in [0.2, 0.25) is 0 Å². The maximum absolute atomic E-state index is 12.1. The Morgan fingerprint density at radius 1 is 1.13 bits per heavy atom. The SMILES string of the molecule is CCOC(=O)c1cccnc1N1CCN(c2cccnn2)CC1. The molecule has 0 saturated carbocycles. The Hall–Kier alpha value is -2.70. The fraction of sp³-hybridized carbons (Fsp3) is 0.375. The molecule has 0 aromatic carbocycles. The summed E-state index contributed by atoms with van der Waals surface area (Å²) in [4.78, 5) is 20.7. The number of esters is 1. The summed E-state index contributed by atoms with van der Waals surface area (Å²) in [6, 6.07) is 7.35. The first kappa shape index (κ1) is 15.2. The molecule has 0 spiro atoms. The Bertz CT molecular complexity index is 657. The van der Waals surface area contributed by atoms with Crippen molar-refractivity contribution in [1.29, 1.82) is 0 Å². The molecule has 1 fully saturated rings. The highest BCUT2D eigenvalue weighted by Gasteiger charge is 2.23. The van der Waals surface area contributed by atoms with E-state index in [2.05, 4.69) is 25.0 Å². The predicted octanol–water partition coefficient (Wildman–Crippen LogP) is 1.37. The van der Waals surface area contributed by atoms with Crippen LogP contribution in [0.25, 0.3) is 0 Å². The normalized spacial score (nSPS) is 14.7. The minimum Gasteiger partial charge on any atom is -0.462 e. The molecule has 0 amide bonds. The Morgan fingerprint density at radius 3 is 2.57 bits per heavy atom. The van der Waals surface area contributed by atoms with E-state index in [0.717, 1.165) is 32.0 Å². The van der Waals surface area contributed by atoms with Gasteiger partial charge in [-0.15, -0.1) is 5.10 Å². The molecule has 2 aromatic heterocycles. The third-order valence-electron chi connectivity index (χ3n) is 3.74. The van der Waals surface area contributed by atoms with Crippen LogP contribution in [0.5, 0.6) is 0 Å². The number of piperazine rings is 1. The largest absolute Gasteiger partial charge is 0.462 e. The quantitative estimate of drug-likeness (QED) is 0.790. The van der Waals surface area contributed by atoms with Crippen molar-refractivity contribution in [1.82, 2.24) is 15.2 Å². The zero-order valence-electron chi connectivity index (χ0n) is 13.1. The number of carbonyl (C=O) groups excluding carboxylic acids is 1. The third kappa shape index (κ3) is 3.39. The first-order valence-electron chi connectivity index (χ1n) is 7.69. The van der Waals surface area contributed by atoms with Gasteiger partial charge < -0.3 is 14.5 Å². The van der Waals surface area contributed by atoms with Crippen molar-refractivity contribution in [2.45, 2.75) is 6.92 Å². The van der Waals surface area contributed by atoms with E-state index >= 15 is 0 Å². The van der Waals surface area contributed by atoms with Crippen LogP contribution in [0.15, 0.2) is 36.7 Å². The van der Waals surface area contributed by atoms with Crippen LogP contribution >= 0.6 is 0 Å². The zero-order chi connectivity index (χ0) is 16.1. The first-order chi connectivity index (χ1) is 11.3. The van der Waals surface area contributed by atoms with Gasteiger partial charge in [-0.25, -0.2) is 9.78 Å². The molecule has 3 heterocycles. The van der Waals surface area contributed by atoms with Crippen LogP contribution in [0.4, 0.5) is 11.6 Å². The summed E-state index contributed by atoms with van der Waals surface area (Å²) in [5.41, 5.74) is 0.516. The lowest BCUT2D eigenvalue weighted by Crippen LogP contribution is -2.47. The number of nitrogens with zero attached hydrogens (tertiary/aromatic N) is 5. The molecule has 23 heavy (non-hydrogen) atoms. The standard InChI is InChI=1S/C16H19N5O2/c1-2-23-16(22)13-5-3-7-17-15(13)21-11-9-20(10-12-21)14-6-4-8-18-19-14/h3-8H,2,9-12H2,1H3. The molecule has 1 saturated heterocycles. The molecule has 120 valence electrons. The van der Waals surface area contributed by atoms with E-state index in [0.29, 0.717) is 18.0 Å². The van der Waals surface area contributed by atoms with Gasteiger partial charge in [-0.2, -0.15) is 5.10 Å². The van der Waals surface area contributed by atoms with Crippen LogP contribution in [-0.2, 0) is 4.74 Å². The van der Waals surface area contributed by atoms with Gasteiger partial charge in [0.1, 0.15) is 11.4 Å². The molecular weight excluding hydrogens is 294 g/mol. The van der Waals surface area contributed by atoms with E-state index in [1.807, 2.05) is 12.1 Å². The topological polar surface area (TPSA) is 71.5 Å². The van der Waals surface area contributed by atoms with Crippen molar-refractivity contribution in [2.24, 2.45) is 0 Å². The van der Waals surface area contributed by atoms with E-state index in [4.69, 9.17) is 4.74 Å². The third-order valence-corrected chi connectivity index (χ3v) is 3.74. The lowest BCUT2D eigenvalue weighted by atomic mass is 10.2. The second-order valence-electron chi connectivity index (χ2n) is 5.15. The monoisotopic (exact) mass is 313 g/mol. The summed E-state index contributed by atoms with van der Waals surface area (Å²) in [5, 5.41) is 8.05. The van der Waals surface area contributed by atoms with Crippen molar-refractivity contribution in [2.75, 3.05) is 42.6 Å². The minimum atomic E-state index is -0.327. The summed E-state index contributed by atoms with van der Waals surface area (Å²) in [5.74, 6) is 1.23. The number of carbonyl (C=O) groups is 1. The van der Waals surface area contributed by atoms with Crippen molar-refractivity contribution in [3.63, 3.8) is 0 Å². The second-order valence-corrected chi connectivity index (χ2v) is 5.15. The molecule has 0 atom stereocenters. The molecule has 3 rings (SSSR count). The van der Waals surface area contributed by atoms with Crippen molar-refractivity contribution < 1.29 is 9.53 Å². The van der Waals surface area contributed by atoms with Gasteiger partial charge in [-0.3, -0.25) is 0 Å². The van der Waals surface area contributed by atoms with Gasteiger partial charge in [0.05, 0.1) is 6.61 Å². The summed E-state index contributed by atoms with van der Waals surface area (Å²) < 4.78 is 5.12. The Morgan fingerprint density at radius 2 is 1.87 bits per heavy atom. The number of aromatic nitrogens is 3. The number of rotatable bonds is 4. The lowest BCUT2D eigenvalue weighted by Gasteiger charge is -2.36. The fourth-order valence-electron chi connectivity index (χ4n) is 2.63. The van der Waals surface area contributed by atoms with Crippen LogP contribution < -0.4 is 9.80 Å². The van der Waals surface area contributed by atoms with Gasteiger partial charge in [0.25, 0.3) is 0 Å². The Balaban J connectivity index is 1.72. The number of hydrogen-bond acceptors (Lipinski definition) is 7. The van der Waals surface area contributed by atoms with Gasteiger partial charge in [0.2, 0.25) is 0 Å². The highest BCUT2D eigenvalue weighted by Crippen LogP contribution is 2.21. The summed E-state index contributed by atoms with van der Waals surface area (Å²) in [6.07, 6.45) is 3.37. The molecule has 7 heteroatoms. The fourth-order valence-corrected chi connectivity index (χ4v) is 2.63. The average Bonchev–Trinajstić information content (AvgIpc) is 2.63. The number of ether oxygens (including phenoxy) is 1. The molecular formula is C16H19N5O2. The highest BCUT2D eigenvalue weighted by atomic mass is 16.5. The molecule has 0 radical (unpaired) electrons. The Labute approximate surface area is 134 Å². The van der Waals surface area contributed by atoms with E-state index in [9.17, 15) is 4.79 Å². The molecule has 0 N–H and O–H groups in total. The predicted molar refractivity (Wildman–Crippen MR) is 86.7 cm³/mol. The van der Waals surface area contributed by atoms with Crippen molar-refractivity contribution >= 4 is 17.6 Å². The molecule has 2 aromatic rings. The van der Waals surface area contributed by atoms with Crippen molar-refractivity contribution in [3.05, 3.63) is 42.2 Å². The summed E-state index contributed by atoms with van der Waals surface area (Å²) in [7, 11) is 0. The van der Waals surface area contributed by atoms with E-state index in [1.165, 1.54) is 0 Å². The van der Waals surface area contributed by atoms with E-state index < -0.39 is 0 Å². The highest BCUT2D eigenvalue weighted by molar-refractivity contribution is 5.94. The van der Waals surface area contributed by atoms with E-state index in [-0.39, 0.29) is 5.97 Å². The molecule has 7 nitrogen and oxygen atoms in total. The summed E-state index contributed by atoms with van der Waals surface area (Å²) >= 11 is 0. The zero-order valence-corrected chi connectivity index (χ0v) is 13.1. The smallest absolute Gasteiger partial charge is 0.341 e. The molecule has 1 aliphatic rings. The maximum Gasteiger partial charge on any atom is 0.341 e. The van der Waals surface area contributed by atoms with Gasteiger partial charge in [-0.05, 0) is 31.2 Å². The Kier molecular flexibility index (Phi) is 4.65. The molecule has 0 bridgehead atoms.